The van der Waals surface area contributed by atoms with Crippen LogP contribution in [0.1, 0.15) is 50.2 Å². The van der Waals surface area contributed by atoms with Crippen molar-refractivity contribution in [1.82, 2.24) is 10.6 Å². The molecule has 1 aliphatic heterocycles. The van der Waals surface area contributed by atoms with Gasteiger partial charge < -0.3 is 35.0 Å². The first-order valence-corrected chi connectivity index (χ1v) is 19.8. The Bertz CT molecular complexity index is 2650. The SMILES string of the molecule is CN[C@@H](C)C(=O)N[C@H]1CN(C(=O)c2ccc(NC(=O)OCC3c4ccccc4-c4ccccc43)cc2)c2ccccc2N(Cc2c(OC)ccc3cc(C(=O)O)ccc23)C1=O. The molecule has 0 spiro atoms. The van der Waals surface area contributed by atoms with Gasteiger partial charge in [-0.15, -0.1) is 0 Å². The van der Waals surface area contributed by atoms with Crippen molar-refractivity contribution in [2.75, 3.05) is 42.4 Å². The monoisotopic (exact) mass is 817 g/mol. The number of fused-ring (bicyclic) bond motifs is 5. The molecule has 0 bridgehead atoms. The molecule has 61 heavy (non-hydrogen) atoms. The van der Waals surface area contributed by atoms with Gasteiger partial charge in [0.05, 0.1) is 43.2 Å². The molecule has 4 N–H and O–H groups in total. The zero-order valence-electron chi connectivity index (χ0n) is 33.7. The predicted molar refractivity (Wildman–Crippen MR) is 232 cm³/mol. The standard InChI is InChI=1S/C48H43N5O8/c1-28(49-2)44(54)51-40-26-53(42-15-9-8-14-41(42)52(46(40)56)25-38-33-22-18-31(47(57)58)24-30(33)19-23-43(38)60-3)45(55)29-16-20-32(21-17-29)50-48(59)61-27-39-36-12-6-4-10-34(36)35-11-5-7-13-37(35)39/h4-24,28,39-40,49H,25-27H2,1-3H3,(H,50,59)(H,51,54)(H,57,58)/t28-,40-/m0/s1. The second-order valence-corrected chi connectivity index (χ2v) is 14.9. The van der Waals surface area contributed by atoms with Crippen LogP contribution in [-0.4, -0.2) is 74.3 Å². The van der Waals surface area contributed by atoms with E-state index in [0.717, 1.165) is 22.3 Å². The van der Waals surface area contributed by atoms with Crippen LogP contribution >= 0.6 is 0 Å². The number of nitrogens with one attached hydrogen (secondary N) is 3. The van der Waals surface area contributed by atoms with Crippen LogP contribution < -0.4 is 30.5 Å². The highest BCUT2D eigenvalue weighted by Gasteiger charge is 2.38. The Morgan fingerprint density at radius 3 is 2.10 bits per heavy atom. The van der Waals surface area contributed by atoms with Gasteiger partial charge in [-0.3, -0.25) is 19.7 Å². The van der Waals surface area contributed by atoms with Gasteiger partial charge in [-0.1, -0.05) is 72.8 Å². The number of hydrogen-bond acceptors (Lipinski definition) is 8. The average molecular weight is 818 g/mol. The molecule has 1 heterocycles. The number of rotatable bonds is 11. The van der Waals surface area contributed by atoms with Gasteiger partial charge in [-0.05, 0) is 102 Å². The number of carboxylic acid groups (broad SMARTS) is 1. The van der Waals surface area contributed by atoms with Crippen LogP contribution in [0, 0.1) is 0 Å². The number of carbonyl (C=O) groups is 5. The predicted octanol–water partition coefficient (Wildman–Crippen LogP) is 7.19. The molecule has 2 atom stereocenters. The third kappa shape index (κ3) is 7.86. The van der Waals surface area contributed by atoms with Crippen LogP contribution in [0.3, 0.4) is 0 Å². The van der Waals surface area contributed by atoms with Crippen LogP contribution in [-0.2, 0) is 20.9 Å². The number of methoxy groups -OCH3 is 1. The molecule has 2 aliphatic rings. The number of carbonyl (C=O) groups excluding carboxylic acids is 4. The molecule has 13 heteroatoms. The highest BCUT2D eigenvalue weighted by atomic mass is 16.5. The Kier molecular flexibility index (Phi) is 11.2. The van der Waals surface area contributed by atoms with Crippen LogP contribution in [0.25, 0.3) is 21.9 Å². The van der Waals surface area contributed by atoms with E-state index in [1.54, 1.807) is 86.8 Å². The Morgan fingerprint density at radius 2 is 1.44 bits per heavy atom. The number of anilines is 3. The van der Waals surface area contributed by atoms with E-state index in [2.05, 4.69) is 28.1 Å². The lowest BCUT2D eigenvalue weighted by molar-refractivity contribution is -0.128. The summed E-state index contributed by atoms with van der Waals surface area (Å²) >= 11 is 0. The van der Waals surface area contributed by atoms with E-state index >= 15 is 0 Å². The zero-order chi connectivity index (χ0) is 42.8. The molecule has 13 nitrogen and oxygen atoms in total. The highest BCUT2D eigenvalue weighted by Crippen LogP contribution is 2.44. The quantitative estimate of drug-likeness (QED) is 0.106. The minimum Gasteiger partial charge on any atom is -0.496 e. The summed E-state index contributed by atoms with van der Waals surface area (Å²) < 4.78 is 11.5. The molecular formula is C48H43N5O8. The minimum atomic E-state index is -1.17. The van der Waals surface area contributed by atoms with E-state index in [4.69, 9.17) is 9.47 Å². The summed E-state index contributed by atoms with van der Waals surface area (Å²) in [5, 5.41) is 19.5. The maximum atomic E-state index is 14.7. The first kappa shape index (κ1) is 40.3. The van der Waals surface area contributed by atoms with E-state index in [0.29, 0.717) is 39.1 Å². The summed E-state index contributed by atoms with van der Waals surface area (Å²) in [5.74, 6) is -2.06. The number of nitrogens with zero attached hydrogens (tertiary/aromatic N) is 2. The van der Waals surface area contributed by atoms with E-state index in [1.807, 2.05) is 36.4 Å². The van der Waals surface area contributed by atoms with E-state index in [1.165, 1.54) is 23.0 Å². The van der Waals surface area contributed by atoms with Gasteiger partial charge in [-0.2, -0.15) is 0 Å². The van der Waals surface area contributed by atoms with E-state index in [-0.39, 0.29) is 36.7 Å². The Labute approximate surface area is 351 Å². The van der Waals surface area contributed by atoms with Gasteiger partial charge in [0.15, 0.2) is 0 Å². The maximum absolute atomic E-state index is 14.7. The van der Waals surface area contributed by atoms with Crippen molar-refractivity contribution in [3.63, 3.8) is 0 Å². The fourth-order valence-corrected chi connectivity index (χ4v) is 8.10. The molecule has 6 aromatic rings. The minimum absolute atomic E-state index is 0.0327. The van der Waals surface area contributed by atoms with Gasteiger partial charge in [0.25, 0.3) is 11.8 Å². The highest BCUT2D eigenvalue weighted by molar-refractivity contribution is 6.13. The van der Waals surface area contributed by atoms with Crippen molar-refractivity contribution >= 4 is 57.6 Å². The molecule has 6 aromatic carbocycles. The molecule has 0 fully saturated rings. The number of ether oxygens (including phenoxy) is 2. The molecule has 0 aromatic heterocycles. The Hall–Kier alpha value is -7.51. The van der Waals surface area contributed by atoms with Crippen molar-refractivity contribution < 1.29 is 38.6 Å². The van der Waals surface area contributed by atoms with Gasteiger partial charge in [0.1, 0.15) is 18.4 Å². The van der Waals surface area contributed by atoms with Crippen molar-refractivity contribution in [3.05, 3.63) is 155 Å². The van der Waals surface area contributed by atoms with Crippen molar-refractivity contribution in [2.45, 2.75) is 31.5 Å². The number of hydrogen-bond donors (Lipinski definition) is 4. The third-order valence-electron chi connectivity index (χ3n) is 11.4. The Balaban J connectivity index is 1.06. The summed E-state index contributed by atoms with van der Waals surface area (Å²) in [6.45, 7) is 1.58. The number of aromatic carboxylic acids is 1. The fourth-order valence-electron chi connectivity index (χ4n) is 8.10. The van der Waals surface area contributed by atoms with Gasteiger partial charge in [-0.25, -0.2) is 9.59 Å². The summed E-state index contributed by atoms with van der Waals surface area (Å²) in [6, 6.07) is 35.9. The second kappa shape index (κ2) is 17.0. The average Bonchev–Trinajstić information content (AvgIpc) is 3.55. The van der Waals surface area contributed by atoms with Gasteiger partial charge in [0, 0.05) is 22.7 Å². The van der Waals surface area contributed by atoms with Gasteiger partial charge >= 0.3 is 12.1 Å². The van der Waals surface area contributed by atoms with Crippen LogP contribution in [0.4, 0.5) is 21.9 Å². The largest absolute Gasteiger partial charge is 0.496 e. The van der Waals surface area contributed by atoms with E-state index < -0.39 is 41.9 Å². The fraction of sp³-hybridized carbons (Fsp3) is 0.188. The number of amides is 4. The molecule has 0 unspecified atom stereocenters. The molecule has 8 rings (SSSR count). The molecule has 1 aliphatic carbocycles. The topological polar surface area (TPSA) is 167 Å². The van der Waals surface area contributed by atoms with Crippen LogP contribution in [0.2, 0.25) is 0 Å². The Morgan fingerprint density at radius 1 is 0.803 bits per heavy atom. The molecule has 308 valence electrons. The summed E-state index contributed by atoms with van der Waals surface area (Å²) in [5.41, 5.74) is 6.68. The normalized spacial score (nSPS) is 14.9. The molecule has 0 saturated carbocycles. The molecule has 4 amide bonds. The van der Waals surface area contributed by atoms with Crippen molar-refractivity contribution in [1.29, 1.82) is 0 Å². The summed E-state index contributed by atoms with van der Waals surface area (Å²) in [7, 11) is 3.14. The smallest absolute Gasteiger partial charge is 0.411 e. The van der Waals surface area contributed by atoms with Crippen molar-refractivity contribution in [2.24, 2.45) is 0 Å². The third-order valence-corrected chi connectivity index (χ3v) is 11.4. The zero-order valence-corrected chi connectivity index (χ0v) is 33.7. The number of para-hydroxylation sites is 2. The van der Waals surface area contributed by atoms with Crippen LogP contribution in [0.5, 0.6) is 5.75 Å². The lowest BCUT2D eigenvalue weighted by Gasteiger charge is -2.27. The molecular weight excluding hydrogens is 775 g/mol. The van der Waals surface area contributed by atoms with Gasteiger partial charge in [0.2, 0.25) is 5.91 Å². The lowest BCUT2D eigenvalue weighted by Crippen LogP contribution is -2.55. The maximum Gasteiger partial charge on any atom is 0.411 e. The number of benzene rings is 6. The first-order valence-electron chi connectivity index (χ1n) is 19.8. The lowest BCUT2D eigenvalue weighted by atomic mass is 9.98. The molecule has 0 radical (unpaired) electrons. The van der Waals surface area contributed by atoms with Crippen molar-refractivity contribution in [3.8, 4) is 16.9 Å². The first-order chi connectivity index (χ1) is 29.6. The summed E-state index contributed by atoms with van der Waals surface area (Å²) in [6.07, 6.45) is -0.638. The number of carboxylic acids is 1. The van der Waals surface area contributed by atoms with E-state index in [9.17, 15) is 29.1 Å². The summed E-state index contributed by atoms with van der Waals surface area (Å²) in [4.78, 5) is 70.4. The number of likely N-dealkylation sites (N-methyl/N-ethyl adjacent to an activating group) is 1. The second-order valence-electron chi connectivity index (χ2n) is 14.9. The van der Waals surface area contributed by atoms with Crippen LogP contribution in [0.15, 0.2) is 127 Å². The molecule has 0 saturated heterocycles.